The number of carbonyl (C=O) groups excluding carboxylic acids is 1. The maximum atomic E-state index is 12.2. The Hall–Kier alpha value is -1.46. The molecule has 2 saturated heterocycles. The fourth-order valence-electron chi connectivity index (χ4n) is 3.43. The van der Waals surface area contributed by atoms with E-state index in [0.717, 1.165) is 44.5 Å². The lowest BCUT2D eigenvalue weighted by Gasteiger charge is -2.53. The molecule has 1 unspecified atom stereocenters. The van der Waals surface area contributed by atoms with Gasteiger partial charge in [-0.05, 0) is 36.5 Å². The van der Waals surface area contributed by atoms with E-state index >= 15 is 0 Å². The molecule has 0 bridgehead atoms. The van der Waals surface area contributed by atoms with E-state index in [0.29, 0.717) is 18.9 Å². The van der Waals surface area contributed by atoms with Crippen molar-refractivity contribution in [3.8, 4) is 0 Å². The van der Waals surface area contributed by atoms with Gasteiger partial charge >= 0.3 is 0 Å². The molecule has 2 aliphatic rings. The first kappa shape index (κ1) is 17.4. The van der Waals surface area contributed by atoms with Crippen molar-refractivity contribution < 1.29 is 14.3 Å². The average molecular weight is 332 g/mol. The highest BCUT2D eigenvalue weighted by atomic mass is 16.5. The third-order valence-corrected chi connectivity index (χ3v) is 4.93. The molecule has 1 aromatic rings. The summed E-state index contributed by atoms with van der Waals surface area (Å²) >= 11 is 0. The molecular weight excluding hydrogens is 304 g/mol. The minimum Gasteiger partial charge on any atom is -0.373 e. The van der Waals surface area contributed by atoms with Gasteiger partial charge in [0.25, 0.3) is 0 Å². The van der Waals surface area contributed by atoms with Crippen LogP contribution < -0.4 is 0 Å². The number of pyridine rings is 1. The Morgan fingerprint density at radius 3 is 2.88 bits per heavy atom. The molecule has 0 aromatic carbocycles. The SMILES string of the molecule is CC(C)CCC(=O)N1CC2(CC(OCc3ccncc3)CCO2)C1. The highest BCUT2D eigenvalue weighted by molar-refractivity contribution is 5.77. The molecule has 1 aromatic heterocycles. The van der Waals surface area contributed by atoms with Crippen LogP contribution in [0.25, 0.3) is 0 Å². The summed E-state index contributed by atoms with van der Waals surface area (Å²) in [7, 11) is 0. The van der Waals surface area contributed by atoms with E-state index < -0.39 is 0 Å². The number of likely N-dealkylation sites (tertiary alicyclic amines) is 1. The van der Waals surface area contributed by atoms with E-state index in [4.69, 9.17) is 9.47 Å². The van der Waals surface area contributed by atoms with Crippen LogP contribution >= 0.6 is 0 Å². The molecular formula is C19H28N2O3. The molecule has 2 aliphatic heterocycles. The molecule has 0 radical (unpaired) electrons. The van der Waals surface area contributed by atoms with Gasteiger partial charge in [0.1, 0.15) is 5.60 Å². The molecule has 1 spiro atoms. The summed E-state index contributed by atoms with van der Waals surface area (Å²) in [6, 6.07) is 3.96. The molecule has 132 valence electrons. The van der Waals surface area contributed by atoms with Crippen LogP contribution in [0.1, 0.15) is 45.1 Å². The minimum absolute atomic E-state index is 0.172. The lowest BCUT2D eigenvalue weighted by molar-refractivity contribution is -0.202. The predicted octanol–water partition coefficient (Wildman–Crippen LogP) is 2.79. The molecule has 5 heteroatoms. The summed E-state index contributed by atoms with van der Waals surface area (Å²) in [6.07, 6.45) is 7.20. The van der Waals surface area contributed by atoms with Gasteiger partial charge in [0.05, 0.1) is 25.8 Å². The van der Waals surface area contributed by atoms with E-state index in [2.05, 4.69) is 18.8 Å². The first-order valence-corrected chi connectivity index (χ1v) is 8.98. The monoisotopic (exact) mass is 332 g/mol. The minimum atomic E-state index is -0.172. The van der Waals surface area contributed by atoms with Gasteiger partial charge in [-0.3, -0.25) is 9.78 Å². The molecule has 2 fully saturated rings. The van der Waals surface area contributed by atoms with E-state index in [1.165, 1.54) is 0 Å². The van der Waals surface area contributed by atoms with Crippen molar-refractivity contribution >= 4 is 5.91 Å². The molecule has 24 heavy (non-hydrogen) atoms. The second-order valence-electron chi connectivity index (χ2n) is 7.50. The Balaban J connectivity index is 1.44. The van der Waals surface area contributed by atoms with Crippen LogP contribution in [0.2, 0.25) is 0 Å². The van der Waals surface area contributed by atoms with E-state index in [1.807, 2.05) is 17.0 Å². The fourth-order valence-corrected chi connectivity index (χ4v) is 3.43. The van der Waals surface area contributed by atoms with E-state index in [9.17, 15) is 4.79 Å². The Kier molecular flexibility index (Phi) is 5.51. The number of hydrogen-bond acceptors (Lipinski definition) is 4. The van der Waals surface area contributed by atoms with Crippen LogP contribution in [0.3, 0.4) is 0 Å². The smallest absolute Gasteiger partial charge is 0.222 e. The second-order valence-corrected chi connectivity index (χ2v) is 7.50. The molecule has 1 atom stereocenters. The van der Waals surface area contributed by atoms with E-state index in [1.54, 1.807) is 12.4 Å². The summed E-state index contributed by atoms with van der Waals surface area (Å²) in [5.74, 6) is 0.832. The first-order valence-electron chi connectivity index (χ1n) is 8.98. The molecule has 0 aliphatic carbocycles. The van der Waals surface area contributed by atoms with Crippen LogP contribution in [-0.2, 0) is 20.9 Å². The van der Waals surface area contributed by atoms with Crippen molar-refractivity contribution in [2.75, 3.05) is 19.7 Å². The maximum absolute atomic E-state index is 12.2. The van der Waals surface area contributed by atoms with Gasteiger partial charge in [-0.15, -0.1) is 0 Å². The van der Waals surface area contributed by atoms with Crippen molar-refractivity contribution in [1.29, 1.82) is 0 Å². The number of nitrogens with zero attached hydrogens (tertiary/aromatic N) is 2. The van der Waals surface area contributed by atoms with Crippen LogP contribution in [0, 0.1) is 5.92 Å². The van der Waals surface area contributed by atoms with Crippen molar-refractivity contribution in [2.24, 2.45) is 5.92 Å². The van der Waals surface area contributed by atoms with Crippen molar-refractivity contribution in [3.63, 3.8) is 0 Å². The largest absolute Gasteiger partial charge is 0.373 e. The Morgan fingerprint density at radius 2 is 2.17 bits per heavy atom. The van der Waals surface area contributed by atoms with Crippen molar-refractivity contribution in [1.82, 2.24) is 9.88 Å². The fraction of sp³-hybridized carbons (Fsp3) is 0.684. The second kappa shape index (κ2) is 7.62. The van der Waals surface area contributed by atoms with Crippen LogP contribution in [0.5, 0.6) is 0 Å². The zero-order chi connectivity index (χ0) is 17.0. The Morgan fingerprint density at radius 1 is 1.42 bits per heavy atom. The van der Waals surface area contributed by atoms with Gasteiger partial charge in [-0.1, -0.05) is 13.8 Å². The lowest BCUT2D eigenvalue weighted by Crippen LogP contribution is -2.67. The number of ether oxygens (including phenoxy) is 2. The van der Waals surface area contributed by atoms with E-state index in [-0.39, 0.29) is 17.6 Å². The zero-order valence-electron chi connectivity index (χ0n) is 14.7. The number of hydrogen-bond donors (Lipinski definition) is 0. The predicted molar refractivity (Wildman–Crippen MR) is 91.4 cm³/mol. The summed E-state index contributed by atoms with van der Waals surface area (Å²) < 4.78 is 12.1. The standard InChI is InChI=1S/C19H28N2O3/c1-15(2)3-4-18(22)21-13-19(14-21)11-17(7-10-24-19)23-12-16-5-8-20-9-6-16/h5-6,8-9,15,17H,3-4,7,10-14H2,1-2H3. The molecule has 3 heterocycles. The van der Waals surface area contributed by atoms with Gasteiger partial charge in [-0.25, -0.2) is 0 Å². The van der Waals surface area contributed by atoms with Gasteiger partial charge < -0.3 is 14.4 Å². The molecule has 0 N–H and O–H groups in total. The number of amides is 1. The first-order chi connectivity index (χ1) is 11.6. The normalized spacial score (nSPS) is 22.6. The van der Waals surface area contributed by atoms with Gasteiger partial charge in [-0.2, -0.15) is 0 Å². The number of carbonyl (C=O) groups is 1. The highest BCUT2D eigenvalue weighted by Gasteiger charge is 2.49. The van der Waals surface area contributed by atoms with Gasteiger partial charge in [0.2, 0.25) is 5.91 Å². The van der Waals surface area contributed by atoms with Crippen molar-refractivity contribution in [2.45, 2.75) is 57.8 Å². The van der Waals surface area contributed by atoms with Crippen LogP contribution in [0.4, 0.5) is 0 Å². The highest BCUT2D eigenvalue weighted by Crippen LogP contribution is 2.36. The van der Waals surface area contributed by atoms with Crippen molar-refractivity contribution in [3.05, 3.63) is 30.1 Å². The molecule has 3 rings (SSSR count). The number of aromatic nitrogens is 1. The molecule has 0 saturated carbocycles. The quantitative estimate of drug-likeness (QED) is 0.804. The summed E-state index contributed by atoms with van der Waals surface area (Å²) in [6.45, 7) is 7.08. The topological polar surface area (TPSA) is 51.7 Å². The lowest BCUT2D eigenvalue weighted by atomic mass is 9.84. The molecule has 1 amide bonds. The van der Waals surface area contributed by atoms with Crippen LogP contribution in [-0.4, -0.2) is 47.2 Å². The average Bonchev–Trinajstić information content (AvgIpc) is 2.57. The Bertz CT molecular complexity index is 541. The summed E-state index contributed by atoms with van der Waals surface area (Å²) in [5, 5.41) is 0. The maximum Gasteiger partial charge on any atom is 0.222 e. The van der Waals surface area contributed by atoms with Gasteiger partial charge in [0, 0.05) is 31.8 Å². The summed E-state index contributed by atoms with van der Waals surface area (Å²) in [5.41, 5.74) is 0.971. The zero-order valence-corrected chi connectivity index (χ0v) is 14.7. The van der Waals surface area contributed by atoms with Crippen LogP contribution in [0.15, 0.2) is 24.5 Å². The Labute approximate surface area is 144 Å². The summed E-state index contributed by atoms with van der Waals surface area (Å²) in [4.78, 5) is 18.1. The third-order valence-electron chi connectivity index (χ3n) is 4.93. The van der Waals surface area contributed by atoms with Gasteiger partial charge in [0.15, 0.2) is 0 Å². The third kappa shape index (κ3) is 4.33. The molecule has 5 nitrogen and oxygen atoms in total. The number of rotatable bonds is 6.